The Morgan fingerprint density at radius 1 is 0.163 bits per heavy atom. The quantitative estimate of drug-likeness (QED) is 0.0682. The smallest absolute Gasteiger partial charge is 0.187 e. The van der Waals surface area contributed by atoms with Gasteiger partial charge in [0.25, 0.3) is 0 Å². The molecule has 0 aromatic heterocycles. The van der Waals surface area contributed by atoms with Crippen molar-refractivity contribution in [1.29, 1.82) is 0 Å². The molecule has 0 aromatic rings. The highest BCUT2D eigenvalue weighted by molar-refractivity contribution is 4.98. The topological polar surface area (TPSA) is 758 Å². The van der Waals surface area contributed by atoms with Crippen LogP contribution in [0, 0.1) is 0 Å². The van der Waals surface area contributed by atoms with Crippen LogP contribution in [0.5, 0.6) is 0 Å². The number of rotatable bonds is 16. The molecular weight excluding hydrogens is 1280 g/mol. The third-order valence-corrected chi connectivity index (χ3v) is 15.9. The summed E-state index contributed by atoms with van der Waals surface area (Å²) in [6.07, 6.45) is -62.3. The van der Waals surface area contributed by atoms with Crippen LogP contribution >= 0.6 is 0 Å². The van der Waals surface area contributed by atoms with Crippen molar-refractivity contribution in [1.82, 2.24) is 0 Å². The minimum Gasteiger partial charge on any atom is -0.394 e. The summed E-state index contributed by atoms with van der Waals surface area (Å²) in [4.78, 5) is 0. The molecule has 0 spiro atoms. The van der Waals surface area contributed by atoms with Crippen molar-refractivity contribution in [2.75, 3.05) is 52.9 Å². The predicted molar refractivity (Wildman–Crippen MR) is 274 cm³/mol. The van der Waals surface area contributed by atoms with Gasteiger partial charge in [-0.1, -0.05) is 0 Å². The minimum absolute atomic E-state index is 0.667. The standard InChI is InChI=1S/4C12H22O11/c4*13-1-3-5(15)6(16)9(19)12(22-3)23-10-4(2-14)21-11(20)8(18)7(10)17/h4*3-20H,1-2H2/t4*3-,4-,5+,6+,7-,8-,9-,10-,11-,12+/m1111/s1. The predicted octanol–water partition coefficient (Wildman–Crippen LogP) is -21.6. The van der Waals surface area contributed by atoms with Crippen molar-refractivity contribution in [2.24, 2.45) is 0 Å². The Bertz CT molecular complexity index is 1790. The lowest BCUT2D eigenvalue weighted by Crippen LogP contribution is -2.64. The lowest BCUT2D eigenvalue weighted by Gasteiger charge is -2.45. The first-order chi connectivity index (χ1) is 43.2. The molecule has 8 aliphatic heterocycles. The maximum absolute atomic E-state index is 9.94. The van der Waals surface area contributed by atoms with Gasteiger partial charge in [-0.2, -0.15) is 0 Å². The van der Waals surface area contributed by atoms with Crippen LogP contribution in [0.4, 0.5) is 0 Å². The van der Waals surface area contributed by atoms with Crippen molar-refractivity contribution in [3.8, 4) is 0 Å². The van der Waals surface area contributed by atoms with E-state index in [1.165, 1.54) is 0 Å². The van der Waals surface area contributed by atoms with Crippen LogP contribution in [0.25, 0.3) is 0 Å². The average Bonchev–Trinajstić information content (AvgIpc) is 0.911. The van der Waals surface area contributed by atoms with E-state index in [1.807, 2.05) is 0 Å². The summed E-state index contributed by atoms with van der Waals surface area (Å²) >= 11 is 0. The normalized spacial score (nSPS) is 51.7. The van der Waals surface area contributed by atoms with Gasteiger partial charge < -0.3 is 220 Å². The van der Waals surface area contributed by atoms with Gasteiger partial charge in [-0.05, 0) is 0 Å². The van der Waals surface area contributed by atoms with Crippen LogP contribution in [0.2, 0.25) is 0 Å². The Labute approximate surface area is 518 Å². The van der Waals surface area contributed by atoms with Crippen LogP contribution in [0.3, 0.4) is 0 Å². The summed E-state index contributed by atoms with van der Waals surface area (Å²) in [5.74, 6) is 0. The van der Waals surface area contributed by atoms with E-state index >= 15 is 0 Å². The second-order valence-corrected chi connectivity index (χ2v) is 22.1. The molecule has 8 fully saturated rings. The Morgan fingerprint density at radius 3 is 0.457 bits per heavy atom. The zero-order chi connectivity index (χ0) is 69.2. The van der Waals surface area contributed by atoms with E-state index in [1.54, 1.807) is 0 Å². The first-order valence-corrected chi connectivity index (χ1v) is 28.3. The van der Waals surface area contributed by atoms with Gasteiger partial charge in [-0.3, -0.25) is 0 Å². The molecule has 8 saturated heterocycles. The molecule has 0 amide bonds. The molecule has 8 heterocycles. The van der Waals surface area contributed by atoms with Crippen molar-refractivity contribution in [3.05, 3.63) is 0 Å². The number of aliphatic hydroxyl groups excluding tert-OH is 32. The van der Waals surface area contributed by atoms with Gasteiger partial charge in [0.05, 0.1) is 52.9 Å². The molecule has 0 aromatic carbocycles. The Hall–Kier alpha value is -1.76. The van der Waals surface area contributed by atoms with Gasteiger partial charge in [0.2, 0.25) is 0 Å². The van der Waals surface area contributed by atoms with Crippen LogP contribution in [0.15, 0.2) is 0 Å². The molecule has 0 bridgehead atoms. The van der Waals surface area contributed by atoms with Gasteiger partial charge in [-0.25, -0.2) is 0 Å². The highest BCUT2D eigenvalue weighted by atomic mass is 16.8. The summed E-state index contributed by atoms with van der Waals surface area (Å²) in [6.45, 7) is -5.38. The fourth-order valence-corrected chi connectivity index (χ4v) is 10.3. The Morgan fingerprint density at radius 2 is 0.315 bits per heavy atom. The van der Waals surface area contributed by atoms with E-state index < -0.39 is 299 Å². The maximum Gasteiger partial charge on any atom is 0.187 e. The first kappa shape index (κ1) is 80.9. The van der Waals surface area contributed by atoms with Crippen LogP contribution < -0.4 is 0 Å². The van der Waals surface area contributed by atoms with Gasteiger partial charge in [-0.15, -0.1) is 0 Å². The molecule has 544 valence electrons. The Kier molecular flexibility index (Phi) is 32.0. The molecule has 44 nitrogen and oxygen atoms in total. The molecule has 40 atom stereocenters. The van der Waals surface area contributed by atoms with Crippen molar-refractivity contribution in [2.45, 2.75) is 246 Å². The highest BCUT2D eigenvalue weighted by Crippen LogP contribution is 2.34. The van der Waals surface area contributed by atoms with Crippen molar-refractivity contribution >= 4 is 0 Å². The molecular formula is C48H88O44. The number of aliphatic hydroxyl groups is 32. The molecule has 32 N–H and O–H groups in total. The number of ether oxygens (including phenoxy) is 12. The SMILES string of the molecule is OC[C@H]1O[C@@H](O[C@H]2[C@H](O)[C@@H](O)[C@H](O)O[C@@H]2CO)[C@H](O)[C@@H](O)[C@H]1O.OC[C@H]1O[C@@H](O[C@H]2[C@H](O)[C@@H](O)[C@H](O)O[C@@H]2CO)[C@H](O)[C@@H](O)[C@H]1O.OC[C@H]1O[C@@H](O[C@H]2[C@H](O)[C@@H](O)[C@H](O)O[C@@H]2CO)[C@H](O)[C@@H](O)[C@H]1O.OC[C@H]1O[C@@H](O[C@H]2[C@H](O)[C@@H](O)[C@H](O)O[C@@H]2CO)[C@H](O)[C@@H](O)[C@H]1O. The summed E-state index contributed by atoms with van der Waals surface area (Å²) in [5, 5.41) is 306. The average molecular weight is 1370 g/mol. The first-order valence-electron chi connectivity index (χ1n) is 28.3. The zero-order valence-electron chi connectivity index (χ0n) is 48.0. The second kappa shape index (κ2) is 36.4. The maximum atomic E-state index is 9.94. The lowest BCUT2D eigenvalue weighted by atomic mass is 9.97. The van der Waals surface area contributed by atoms with Crippen molar-refractivity contribution in [3.63, 3.8) is 0 Å². The minimum atomic E-state index is -1.74. The monoisotopic (exact) mass is 1370 g/mol. The van der Waals surface area contributed by atoms with E-state index in [0.29, 0.717) is 0 Å². The number of hydrogen-bond donors (Lipinski definition) is 32. The fourth-order valence-electron chi connectivity index (χ4n) is 10.3. The van der Waals surface area contributed by atoms with E-state index in [-0.39, 0.29) is 0 Å². The lowest BCUT2D eigenvalue weighted by molar-refractivity contribution is -0.355. The second-order valence-electron chi connectivity index (χ2n) is 22.1. The Balaban J connectivity index is 0.000000223. The van der Waals surface area contributed by atoms with Gasteiger partial charge in [0.1, 0.15) is 195 Å². The summed E-state index contributed by atoms with van der Waals surface area (Å²) in [7, 11) is 0. The molecule has 8 aliphatic rings. The van der Waals surface area contributed by atoms with Crippen LogP contribution in [-0.4, -0.2) is 462 Å². The molecule has 44 heteroatoms. The molecule has 0 saturated carbocycles. The highest BCUT2D eigenvalue weighted by Gasteiger charge is 2.55. The summed E-state index contributed by atoms with van der Waals surface area (Å²) < 4.78 is 61.0. The third kappa shape index (κ3) is 18.6. The van der Waals surface area contributed by atoms with Gasteiger partial charge >= 0.3 is 0 Å². The molecule has 8 rings (SSSR count). The largest absolute Gasteiger partial charge is 0.394 e. The molecule has 0 unspecified atom stereocenters. The van der Waals surface area contributed by atoms with Crippen molar-refractivity contribution < 1.29 is 220 Å². The van der Waals surface area contributed by atoms with E-state index in [9.17, 15) is 143 Å². The van der Waals surface area contributed by atoms with E-state index in [2.05, 4.69) is 0 Å². The van der Waals surface area contributed by atoms with Crippen LogP contribution in [-0.2, 0) is 56.8 Å². The van der Waals surface area contributed by atoms with Crippen LogP contribution in [0.1, 0.15) is 0 Å². The van der Waals surface area contributed by atoms with E-state index in [4.69, 9.17) is 77.3 Å². The summed E-state index contributed by atoms with van der Waals surface area (Å²) in [5.41, 5.74) is 0. The molecule has 92 heavy (non-hydrogen) atoms. The molecule has 0 aliphatic carbocycles. The third-order valence-electron chi connectivity index (χ3n) is 15.9. The summed E-state index contributed by atoms with van der Waals surface area (Å²) in [6, 6.07) is 0. The number of hydrogen-bond acceptors (Lipinski definition) is 44. The zero-order valence-corrected chi connectivity index (χ0v) is 48.0. The fraction of sp³-hybridized carbons (Fsp3) is 1.00. The van der Waals surface area contributed by atoms with Gasteiger partial charge in [0.15, 0.2) is 50.3 Å². The van der Waals surface area contributed by atoms with Gasteiger partial charge in [0, 0.05) is 0 Å². The van der Waals surface area contributed by atoms with E-state index in [0.717, 1.165) is 0 Å². The molecule has 0 radical (unpaired) electrons.